The maximum Gasteiger partial charge on any atom is 0.128 e. The monoisotopic (exact) mass is 304 g/mol. The number of hydrogen-bond donors (Lipinski definition) is 1. The van der Waals surface area contributed by atoms with Crippen molar-refractivity contribution in [3.63, 3.8) is 0 Å². The van der Waals surface area contributed by atoms with Crippen molar-refractivity contribution < 1.29 is 13.9 Å². The molecule has 5 heteroatoms. The highest BCUT2D eigenvalue weighted by atomic mass is 19.1. The van der Waals surface area contributed by atoms with Gasteiger partial charge in [-0.2, -0.15) is 0 Å². The lowest BCUT2D eigenvalue weighted by Gasteiger charge is -2.21. The third-order valence-electron chi connectivity index (χ3n) is 3.34. The number of nitrogens with zero attached hydrogens (tertiary/aromatic N) is 2. The fourth-order valence-corrected chi connectivity index (χ4v) is 2.18. The molecule has 1 N–H and O–H groups in total. The molecule has 0 bridgehead atoms. The second-order valence-corrected chi connectivity index (χ2v) is 4.80. The molecule has 2 aromatic carbocycles. The van der Waals surface area contributed by atoms with Crippen molar-refractivity contribution in [2.45, 2.75) is 13.8 Å². The Morgan fingerprint density at radius 3 is 2.23 bits per heavy atom. The van der Waals surface area contributed by atoms with Crippen molar-refractivity contribution in [3.05, 3.63) is 53.6 Å². The highest BCUT2D eigenvalue weighted by molar-refractivity contribution is 5.86. The summed E-state index contributed by atoms with van der Waals surface area (Å²) in [6.07, 6.45) is 1.38. The van der Waals surface area contributed by atoms with Crippen LogP contribution < -0.4 is 4.90 Å². The molecule has 116 valence electrons. The molecular formula is C17H18F2N2O. The molecule has 0 heterocycles. The Bertz CT molecular complexity index is 662. The van der Waals surface area contributed by atoms with Crippen molar-refractivity contribution in [2.75, 3.05) is 18.0 Å². The van der Waals surface area contributed by atoms with E-state index in [2.05, 4.69) is 9.89 Å². The number of phenols is 1. The zero-order valence-electron chi connectivity index (χ0n) is 12.6. The molecule has 0 amide bonds. The van der Waals surface area contributed by atoms with Crippen LogP contribution >= 0.6 is 0 Å². The van der Waals surface area contributed by atoms with Crippen LogP contribution in [0, 0.1) is 11.6 Å². The first kappa shape index (κ1) is 15.9. The maximum absolute atomic E-state index is 13.1. The predicted molar refractivity (Wildman–Crippen MR) is 85.3 cm³/mol. The molecule has 0 fully saturated rings. The van der Waals surface area contributed by atoms with E-state index in [0.29, 0.717) is 5.56 Å². The molecule has 0 saturated heterocycles. The van der Waals surface area contributed by atoms with Gasteiger partial charge in [-0.1, -0.05) is 0 Å². The minimum Gasteiger partial charge on any atom is -0.507 e. The summed E-state index contributed by atoms with van der Waals surface area (Å²) in [5, 5.41) is 10.1. The molecule has 2 aromatic rings. The van der Waals surface area contributed by atoms with E-state index in [1.54, 1.807) is 12.1 Å². The first-order valence-corrected chi connectivity index (χ1v) is 7.11. The Labute approximate surface area is 128 Å². The summed E-state index contributed by atoms with van der Waals surface area (Å²) in [6.45, 7) is 5.75. The Morgan fingerprint density at radius 2 is 1.68 bits per heavy atom. The summed E-state index contributed by atoms with van der Waals surface area (Å²) in [4.78, 5) is 6.10. The van der Waals surface area contributed by atoms with Crippen LogP contribution in [0.1, 0.15) is 19.4 Å². The van der Waals surface area contributed by atoms with E-state index in [-0.39, 0.29) is 11.4 Å². The number of aliphatic imine (C=N–C) groups is 1. The lowest BCUT2D eigenvalue weighted by Crippen LogP contribution is -2.21. The highest BCUT2D eigenvalue weighted by Gasteiger charge is 2.06. The minimum absolute atomic E-state index is 0.0741. The molecular weight excluding hydrogens is 286 g/mol. The van der Waals surface area contributed by atoms with Gasteiger partial charge in [0, 0.05) is 42.7 Å². The van der Waals surface area contributed by atoms with Gasteiger partial charge in [-0.05, 0) is 38.1 Å². The standard InChI is InChI=1S/C17H18F2N2O/c1-3-21(4-2)16-6-5-12(17(22)10-16)11-20-15-8-13(18)7-14(19)9-15/h5-11,22H,3-4H2,1-2H3. The lowest BCUT2D eigenvalue weighted by atomic mass is 10.2. The molecule has 22 heavy (non-hydrogen) atoms. The van der Waals surface area contributed by atoms with E-state index < -0.39 is 11.6 Å². The Hall–Kier alpha value is -2.43. The van der Waals surface area contributed by atoms with Crippen LogP contribution in [0.5, 0.6) is 5.75 Å². The van der Waals surface area contributed by atoms with Crippen LogP contribution in [0.25, 0.3) is 0 Å². The van der Waals surface area contributed by atoms with Gasteiger partial charge in [-0.15, -0.1) is 0 Å². The third-order valence-corrected chi connectivity index (χ3v) is 3.34. The smallest absolute Gasteiger partial charge is 0.128 e. The number of hydrogen-bond acceptors (Lipinski definition) is 3. The van der Waals surface area contributed by atoms with Gasteiger partial charge in [0.05, 0.1) is 5.69 Å². The maximum atomic E-state index is 13.1. The van der Waals surface area contributed by atoms with Gasteiger partial charge in [0.15, 0.2) is 0 Å². The zero-order chi connectivity index (χ0) is 16.1. The molecule has 0 saturated carbocycles. The van der Waals surface area contributed by atoms with Crippen LogP contribution in [0.15, 0.2) is 41.4 Å². The second kappa shape index (κ2) is 7.02. The molecule has 0 radical (unpaired) electrons. The van der Waals surface area contributed by atoms with E-state index in [1.165, 1.54) is 6.21 Å². The molecule has 0 aliphatic carbocycles. The number of rotatable bonds is 5. The molecule has 0 spiro atoms. The van der Waals surface area contributed by atoms with Gasteiger partial charge in [-0.3, -0.25) is 4.99 Å². The highest BCUT2D eigenvalue weighted by Crippen LogP contribution is 2.24. The fraction of sp³-hybridized carbons (Fsp3) is 0.235. The van der Waals surface area contributed by atoms with Gasteiger partial charge >= 0.3 is 0 Å². The SMILES string of the molecule is CCN(CC)c1ccc(C=Nc2cc(F)cc(F)c2)c(O)c1. The van der Waals surface area contributed by atoms with Crippen LogP contribution in [0.2, 0.25) is 0 Å². The Kier molecular flexibility index (Phi) is 5.09. The number of benzene rings is 2. The van der Waals surface area contributed by atoms with Gasteiger partial charge < -0.3 is 10.0 Å². The van der Waals surface area contributed by atoms with Crippen molar-refractivity contribution in [1.29, 1.82) is 0 Å². The van der Waals surface area contributed by atoms with Crippen LogP contribution in [0.3, 0.4) is 0 Å². The molecule has 0 atom stereocenters. The number of anilines is 1. The van der Waals surface area contributed by atoms with Crippen molar-refractivity contribution in [2.24, 2.45) is 4.99 Å². The summed E-state index contributed by atoms with van der Waals surface area (Å²) in [5.74, 6) is -1.30. The fourth-order valence-electron chi connectivity index (χ4n) is 2.18. The van der Waals surface area contributed by atoms with Crippen LogP contribution in [-0.2, 0) is 0 Å². The number of halogens is 2. The predicted octanol–water partition coefficient (Wildman–Crippen LogP) is 4.27. The van der Waals surface area contributed by atoms with Crippen molar-refractivity contribution in [1.82, 2.24) is 0 Å². The van der Waals surface area contributed by atoms with Crippen LogP contribution in [-0.4, -0.2) is 24.4 Å². The summed E-state index contributed by atoms with van der Waals surface area (Å²) >= 11 is 0. The van der Waals surface area contributed by atoms with Crippen LogP contribution in [0.4, 0.5) is 20.2 Å². The lowest BCUT2D eigenvalue weighted by molar-refractivity contribution is 0.474. The third kappa shape index (κ3) is 3.81. The second-order valence-electron chi connectivity index (χ2n) is 4.80. The topological polar surface area (TPSA) is 35.8 Å². The molecule has 3 nitrogen and oxygen atoms in total. The van der Waals surface area contributed by atoms with Gasteiger partial charge in [0.25, 0.3) is 0 Å². The van der Waals surface area contributed by atoms with E-state index in [0.717, 1.165) is 37.0 Å². The summed E-state index contributed by atoms with van der Waals surface area (Å²) in [7, 11) is 0. The summed E-state index contributed by atoms with van der Waals surface area (Å²) in [5.41, 5.74) is 1.56. The summed E-state index contributed by atoms with van der Waals surface area (Å²) in [6, 6.07) is 8.29. The average Bonchev–Trinajstić information content (AvgIpc) is 2.46. The molecule has 0 aliphatic heterocycles. The molecule has 0 aromatic heterocycles. The number of aromatic hydroxyl groups is 1. The first-order chi connectivity index (χ1) is 10.5. The van der Waals surface area contributed by atoms with E-state index in [1.807, 2.05) is 19.9 Å². The molecule has 2 rings (SSSR count). The Balaban J connectivity index is 2.24. The zero-order valence-corrected chi connectivity index (χ0v) is 12.6. The van der Waals surface area contributed by atoms with Crippen molar-refractivity contribution >= 4 is 17.6 Å². The van der Waals surface area contributed by atoms with Gasteiger partial charge in [0.2, 0.25) is 0 Å². The van der Waals surface area contributed by atoms with Crippen molar-refractivity contribution in [3.8, 4) is 5.75 Å². The Morgan fingerprint density at radius 1 is 1.05 bits per heavy atom. The van der Waals surface area contributed by atoms with E-state index >= 15 is 0 Å². The molecule has 0 unspecified atom stereocenters. The van der Waals surface area contributed by atoms with E-state index in [9.17, 15) is 13.9 Å². The largest absolute Gasteiger partial charge is 0.507 e. The quantitative estimate of drug-likeness (QED) is 0.837. The average molecular weight is 304 g/mol. The summed E-state index contributed by atoms with van der Waals surface area (Å²) < 4.78 is 26.2. The molecule has 0 aliphatic rings. The van der Waals surface area contributed by atoms with Gasteiger partial charge in [0.1, 0.15) is 17.4 Å². The van der Waals surface area contributed by atoms with Gasteiger partial charge in [-0.25, -0.2) is 8.78 Å². The van der Waals surface area contributed by atoms with E-state index in [4.69, 9.17) is 0 Å². The first-order valence-electron chi connectivity index (χ1n) is 7.11. The minimum atomic E-state index is -0.687. The number of phenolic OH excluding ortho intramolecular Hbond substituents is 1. The normalized spacial score (nSPS) is 11.1.